The van der Waals surface area contributed by atoms with Gasteiger partial charge in [-0.15, -0.1) is 0 Å². The predicted octanol–water partition coefficient (Wildman–Crippen LogP) is 3.20. The van der Waals surface area contributed by atoms with Crippen molar-refractivity contribution in [2.24, 2.45) is 0 Å². The van der Waals surface area contributed by atoms with E-state index in [1.54, 1.807) is 12.4 Å². The van der Waals surface area contributed by atoms with Gasteiger partial charge in [-0.05, 0) is 41.9 Å². The van der Waals surface area contributed by atoms with Crippen molar-refractivity contribution < 1.29 is 4.74 Å². The van der Waals surface area contributed by atoms with E-state index in [4.69, 9.17) is 4.74 Å². The molecule has 4 nitrogen and oxygen atoms in total. The molecule has 0 N–H and O–H groups in total. The second-order valence-corrected chi connectivity index (χ2v) is 4.67. The molecule has 17 heavy (non-hydrogen) atoms. The number of hydrogen-bond acceptors (Lipinski definition) is 3. The van der Waals surface area contributed by atoms with E-state index in [0.29, 0.717) is 12.6 Å². The van der Waals surface area contributed by atoms with Gasteiger partial charge in [0.1, 0.15) is 12.4 Å². The van der Waals surface area contributed by atoms with Gasteiger partial charge in [0.15, 0.2) is 4.73 Å². The van der Waals surface area contributed by atoms with E-state index in [2.05, 4.69) is 44.3 Å². The van der Waals surface area contributed by atoms with E-state index in [1.807, 2.05) is 18.3 Å². The minimum Gasteiger partial charge on any atom is -0.486 e. The summed E-state index contributed by atoms with van der Waals surface area (Å²) < 4.78 is 8.58. The lowest BCUT2D eigenvalue weighted by molar-refractivity contribution is 0.290. The van der Waals surface area contributed by atoms with Gasteiger partial charge in [-0.1, -0.05) is 0 Å². The van der Waals surface area contributed by atoms with E-state index < -0.39 is 0 Å². The lowest BCUT2D eigenvalue weighted by atomic mass is 10.3. The van der Waals surface area contributed by atoms with Gasteiger partial charge in [0.25, 0.3) is 0 Å². The van der Waals surface area contributed by atoms with Gasteiger partial charge in [0.05, 0.1) is 18.1 Å². The normalized spacial score (nSPS) is 10.8. The molecule has 0 aliphatic heterocycles. The largest absolute Gasteiger partial charge is 0.486 e. The first kappa shape index (κ1) is 12.1. The van der Waals surface area contributed by atoms with Gasteiger partial charge in [-0.3, -0.25) is 4.98 Å². The standard InChI is InChI=1S/C12H14BrN3O/c1-9(2)16-10(6-15-12(16)13)8-17-11-4-3-5-14-7-11/h3-7,9H,8H2,1-2H3. The number of nitrogens with zero attached hydrogens (tertiary/aromatic N) is 3. The van der Waals surface area contributed by atoms with E-state index >= 15 is 0 Å². The highest BCUT2D eigenvalue weighted by Gasteiger charge is 2.10. The number of imidazole rings is 1. The van der Waals surface area contributed by atoms with Crippen molar-refractivity contribution in [2.75, 3.05) is 0 Å². The molecule has 0 amide bonds. The number of ether oxygens (including phenoxy) is 1. The Bertz CT molecular complexity index is 482. The van der Waals surface area contributed by atoms with Gasteiger partial charge < -0.3 is 9.30 Å². The smallest absolute Gasteiger partial charge is 0.177 e. The van der Waals surface area contributed by atoms with Crippen LogP contribution >= 0.6 is 15.9 Å². The summed E-state index contributed by atoms with van der Waals surface area (Å²) in [4.78, 5) is 8.24. The fourth-order valence-corrected chi connectivity index (χ4v) is 2.35. The molecule has 0 saturated carbocycles. The molecule has 0 fully saturated rings. The molecule has 2 rings (SSSR count). The van der Waals surface area contributed by atoms with Gasteiger partial charge in [-0.2, -0.15) is 0 Å². The molecule has 0 bridgehead atoms. The van der Waals surface area contributed by atoms with Crippen LogP contribution in [0.4, 0.5) is 0 Å². The van der Waals surface area contributed by atoms with Crippen LogP contribution in [0, 0.1) is 0 Å². The molecule has 0 aromatic carbocycles. The summed E-state index contributed by atoms with van der Waals surface area (Å²) in [5, 5.41) is 0. The van der Waals surface area contributed by atoms with Crippen molar-refractivity contribution in [2.45, 2.75) is 26.5 Å². The number of halogens is 1. The van der Waals surface area contributed by atoms with Crippen molar-refractivity contribution in [3.05, 3.63) is 41.2 Å². The zero-order valence-corrected chi connectivity index (χ0v) is 11.4. The van der Waals surface area contributed by atoms with Gasteiger partial charge in [0, 0.05) is 12.2 Å². The van der Waals surface area contributed by atoms with Crippen LogP contribution in [0.15, 0.2) is 35.5 Å². The Morgan fingerprint density at radius 3 is 2.88 bits per heavy atom. The van der Waals surface area contributed by atoms with Crippen molar-refractivity contribution in [3.63, 3.8) is 0 Å². The monoisotopic (exact) mass is 295 g/mol. The molecule has 0 radical (unpaired) electrons. The molecule has 90 valence electrons. The summed E-state index contributed by atoms with van der Waals surface area (Å²) in [6.07, 6.45) is 5.24. The van der Waals surface area contributed by atoms with Crippen LogP contribution < -0.4 is 4.74 Å². The van der Waals surface area contributed by atoms with Gasteiger partial charge >= 0.3 is 0 Å². The third kappa shape index (κ3) is 2.85. The van der Waals surface area contributed by atoms with E-state index in [1.165, 1.54) is 0 Å². The molecule has 0 atom stereocenters. The Hall–Kier alpha value is -1.36. The third-order valence-corrected chi connectivity index (χ3v) is 2.95. The Kier molecular flexibility index (Phi) is 3.78. The zero-order valence-electron chi connectivity index (χ0n) is 9.80. The second-order valence-electron chi connectivity index (χ2n) is 3.96. The summed E-state index contributed by atoms with van der Waals surface area (Å²) in [5.74, 6) is 0.764. The van der Waals surface area contributed by atoms with E-state index in [9.17, 15) is 0 Å². The van der Waals surface area contributed by atoms with Crippen molar-refractivity contribution >= 4 is 15.9 Å². The van der Waals surface area contributed by atoms with Crippen molar-refractivity contribution in [1.29, 1.82) is 0 Å². The summed E-state index contributed by atoms with van der Waals surface area (Å²) in [5.41, 5.74) is 1.04. The van der Waals surface area contributed by atoms with Crippen LogP contribution in [0.5, 0.6) is 5.75 Å². The molecule has 5 heteroatoms. The van der Waals surface area contributed by atoms with Gasteiger partial charge in [-0.25, -0.2) is 4.98 Å². The Labute approximate surface area is 109 Å². The van der Waals surface area contributed by atoms with Crippen LogP contribution in [0.25, 0.3) is 0 Å². The lowest BCUT2D eigenvalue weighted by Crippen LogP contribution is -2.08. The fourth-order valence-electron chi connectivity index (χ4n) is 1.61. The number of rotatable bonds is 4. The summed E-state index contributed by atoms with van der Waals surface area (Å²) in [6.45, 7) is 4.71. The van der Waals surface area contributed by atoms with Gasteiger partial charge in [0.2, 0.25) is 0 Å². The van der Waals surface area contributed by atoms with Crippen LogP contribution in [-0.4, -0.2) is 14.5 Å². The molecular formula is C12H14BrN3O. The first-order valence-corrected chi connectivity index (χ1v) is 6.22. The molecule has 0 aliphatic carbocycles. The Morgan fingerprint density at radius 2 is 2.24 bits per heavy atom. The van der Waals surface area contributed by atoms with Crippen LogP contribution in [-0.2, 0) is 6.61 Å². The minimum absolute atomic E-state index is 0.347. The first-order chi connectivity index (χ1) is 8.18. The Morgan fingerprint density at radius 1 is 1.41 bits per heavy atom. The molecule has 2 aromatic heterocycles. The summed E-state index contributed by atoms with van der Waals surface area (Å²) in [6, 6.07) is 4.09. The second kappa shape index (κ2) is 5.31. The van der Waals surface area contributed by atoms with Crippen LogP contribution in [0.1, 0.15) is 25.6 Å². The van der Waals surface area contributed by atoms with Crippen LogP contribution in [0.3, 0.4) is 0 Å². The maximum atomic E-state index is 5.65. The predicted molar refractivity (Wildman–Crippen MR) is 68.9 cm³/mol. The molecule has 0 saturated heterocycles. The molecular weight excluding hydrogens is 282 g/mol. The van der Waals surface area contributed by atoms with E-state index in [-0.39, 0.29) is 0 Å². The fraction of sp³-hybridized carbons (Fsp3) is 0.333. The number of pyridine rings is 1. The maximum absolute atomic E-state index is 5.65. The van der Waals surface area contributed by atoms with Crippen molar-refractivity contribution in [3.8, 4) is 5.75 Å². The minimum atomic E-state index is 0.347. The molecule has 0 aliphatic rings. The van der Waals surface area contributed by atoms with Crippen LogP contribution in [0.2, 0.25) is 0 Å². The molecule has 0 spiro atoms. The summed E-state index contributed by atoms with van der Waals surface area (Å²) >= 11 is 3.43. The van der Waals surface area contributed by atoms with E-state index in [0.717, 1.165) is 16.2 Å². The highest BCUT2D eigenvalue weighted by atomic mass is 79.9. The summed E-state index contributed by atoms with van der Waals surface area (Å²) in [7, 11) is 0. The SMILES string of the molecule is CC(C)n1c(COc2cccnc2)cnc1Br. The highest BCUT2D eigenvalue weighted by Crippen LogP contribution is 2.19. The highest BCUT2D eigenvalue weighted by molar-refractivity contribution is 9.10. The number of hydrogen-bond donors (Lipinski definition) is 0. The number of aromatic nitrogens is 3. The topological polar surface area (TPSA) is 39.9 Å². The lowest BCUT2D eigenvalue weighted by Gasteiger charge is -2.13. The van der Waals surface area contributed by atoms with Crippen molar-refractivity contribution in [1.82, 2.24) is 14.5 Å². The maximum Gasteiger partial charge on any atom is 0.177 e. The molecule has 2 aromatic rings. The Balaban J connectivity index is 2.09. The first-order valence-electron chi connectivity index (χ1n) is 5.43. The average molecular weight is 296 g/mol. The zero-order chi connectivity index (χ0) is 12.3. The molecule has 2 heterocycles. The molecule has 0 unspecified atom stereocenters. The third-order valence-electron chi connectivity index (χ3n) is 2.37. The average Bonchev–Trinajstić information content (AvgIpc) is 2.69. The quantitative estimate of drug-likeness (QED) is 0.870.